The number of methoxy groups -OCH3 is 1. The summed E-state index contributed by atoms with van der Waals surface area (Å²) in [4.78, 5) is 32.0. The van der Waals surface area contributed by atoms with Crippen LogP contribution in [0.5, 0.6) is 5.75 Å². The lowest BCUT2D eigenvalue weighted by Gasteiger charge is -2.30. The van der Waals surface area contributed by atoms with Crippen molar-refractivity contribution in [2.75, 3.05) is 19.0 Å². The van der Waals surface area contributed by atoms with E-state index < -0.39 is 5.25 Å². The zero-order valence-electron chi connectivity index (χ0n) is 16.2. The Morgan fingerprint density at radius 3 is 2.79 bits per heavy atom. The predicted octanol–water partition coefficient (Wildman–Crippen LogP) is 4.33. The van der Waals surface area contributed by atoms with E-state index in [1.54, 1.807) is 18.2 Å². The lowest BCUT2D eigenvalue weighted by atomic mass is 9.94. The molecule has 1 saturated heterocycles. The number of benzene rings is 1. The molecular weight excluding hydrogens is 398 g/mol. The number of thioether (sulfide) groups is 1. The Morgan fingerprint density at radius 1 is 1.36 bits per heavy atom. The number of nitrogens with zero attached hydrogens (tertiary/aromatic N) is 2. The highest BCUT2D eigenvalue weighted by atomic mass is 35.5. The highest BCUT2D eigenvalue weighted by Crippen LogP contribution is 2.36. The van der Waals surface area contributed by atoms with E-state index in [0.29, 0.717) is 23.0 Å². The van der Waals surface area contributed by atoms with Gasteiger partial charge in [-0.15, -0.1) is 0 Å². The SMILES string of the molecule is CCN=C1S[C@H](CC(=O)Nc2cc(Cl)ccc2OC)C(=O)N1C1CCCCC1. The number of anilines is 1. The summed E-state index contributed by atoms with van der Waals surface area (Å²) >= 11 is 7.43. The number of aliphatic imine (C=N–C) groups is 1. The average Bonchev–Trinajstić information content (AvgIpc) is 2.98. The molecule has 28 heavy (non-hydrogen) atoms. The summed E-state index contributed by atoms with van der Waals surface area (Å²) in [6.45, 7) is 2.58. The number of rotatable bonds is 6. The first-order valence-corrected chi connectivity index (χ1v) is 11.0. The summed E-state index contributed by atoms with van der Waals surface area (Å²) in [6.07, 6.45) is 5.60. The first-order chi connectivity index (χ1) is 13.5. The monoisotopic (exact) mass is 423 g/mol. The quantitative estimate of drug-likeness (QED) is 0.739. The maximum Gasteiger partial charge on any atom is 0.242 e. The van der Waals surface area contributed by atoms with E-state index in [0.717, 1.165) is 30.9 Å². The van der Waals surface area contributed by atoms with Crippen LogP contribution in [0.25, 0.3) is 0 Å². The lowest BCUT2D eigenvalue weighted by molar-refractivity contribution is -0.130. The number of carbonyl (C=O) groups is 2. The molecule has 1 aliphatic carbocycles. The van der Waals surface area contributed by atoms with E-state index in [9.17, 15) is 9.59 Å². The third-order valence-corrected chi connectivity index (χ3v) is 6.43. The number of ether oxygens (including phenoxy) is 1. The van der Waals surface area contributed by atoms with Gasteiger partial charge in [-0.1, -0.05) is 42.6 Å². The zero-order chi connectivity index (χ0) is 20.1. The van der Waals surface area contributed by atoms with Crippen molar-refractivity contribution in [2.45, 2.75) is 56.7 Å². The van der Waals surface area contributed by atoms with Crippen LogP contribution in [-0.2, 0) is 9.59 Å². The summed E-state index contributed by atoms with van der Waals surface area (Å²) in [7, 11) is 1.53. The van der Waals surface area contributed by atoms with Gasteiger partial charge in [0.05, 0.1) is 12.8 Å². The minimum atomic E-state index is -0.447. The van der Waals surface area contributed by atoms with Gasteiger partial charge in [0.15, 0.2) is 5.17 Å². The van der Waals surface area contributed by atoms with Crippen LogP contribution < -0.4 is 10.1 Å². The van der Waals surface area contributed by atoms with E-state index in [2.05, 4.69) is 10.3 Å². The van der Waals surface area contributed by atoms with Gasteiger partial charge in [-0.3, -0.25) is 19.5 Å². The van der Waals surface area contributed by atoms with Crippen molar-refractivity contribution < 1.29 is 14.3 Å². The molecule has 1 aromatic rings. The molecular formula is C20H26ClN3O3S. The van der Waals surface area contributed by atoms with Gasteiger partial charge >= 0.3 is 0 Å². The maximum absolute atomic E-state index is 13.1. The molecule has 1 saturated carbocycles. The minimum Gasteiger partial charge on any atom is -0.495 e. The first-order valence-electron chi connectivity index (χ1n) is 9.71. The standard InChI is InChI=1S/C20H26ClN3O3S/c1-3-22-20-24(14-7-5-4-6-8-14)19(26)17(28-20)12-18(25)23-15-11-13(21)9-10-16(15)27-2/h9-11,14,17H,3-8,12H2,1-2H3,(H,23,25)/t17-/m1/s1. The molecule has 1 aromatic carbocycles. The smallest absolute Gasteiger partial charge is 0.242 e. The van der Waals surface area contributed by atoms with Gasteiger partial charge in [0, 0.05) is 24.0 Å². The molecule has 1 atom stereocenters. The van der Waals surface area contributed by atoms with E-state index >= 15 is 0 Å². The van der Waals surface area contributed by atoms with Gasteiger partial charge in [0.25, 0.3) is 0 Å². The van der Waals surface area contributed by atoms with Crippen LogP contribution >= 0.6 is 23.4 Å². The van der Waals surface area contributed by atoms with E-state index in [1.165, 1.54) is 25.3 Å². The largest absolute Gasteiger partial charge is 0.495 e. The molecule has 2 fully saturated rings. The Bertz CT molecular complexity index is 765. The highest BCUT2D eigenvalue weighted by molar-refractivity contribution is 8.15. The van der Waals surface area contributed by atoms with Crippen LogP contribution in [0, 0.1) is 0 Å². The normalized spacial score (nSPS) is 22.0. The molecule has 0 spiro atoms. The summed E-state index contributed by atoms with van der Waals surface area (Å²) in [5.41, 5.74) is 0.502. The molecule has 8 heteroatoms. The fourth-order valence-corrected chi connectivity index (χ4v) is 5.12. The summed E-state index contributed by atoms with van der Waals surface area (Å²) < 4.78 is 5.26. The maximum atomic E-state index is 13.1. The van der Waals surface area contributed by atoms with Crippen LogP contribution in [0.15, 0.2) is 23.2 Å². The first kappa shape index (κ1) is 21.0. The van der Waals surface area contributed by atoms with Crippen molar-refractivity contribution in [3.05, 3.63) is 23.2 Å². The Labute approximate surface area is 175 Å². The van der Waals surface area contributed by atoms with Crippen molar-refractivity contribution in [3.8, 4) is 5.75 Å². The van der Waals surface area contributed by atoms with E-state index in [-0.39, 0.29) is 24.3 Å². The number of carbonyl (C=O) groups excluding carboxylic acids is 2. The van der Waals surface area contributed by atoms with Crippen LogP contribution in [0.2, 0.25) is 5.02 Å². The third kappa shape index (κ3) is 4.81. The number of amides is 2. The second kappa shape index (κ2) is 9.65. The summed E-state index contributed by atoms with van der Waals surface area (Å²) in [6, 6.07) is 5.24. The average molecular weight is 424 g/mol. The fourth-order valence-electron chi connectivity index (χ4n) is 3.68. The van der Waals surface area contributed by atoms with Crippen molar-refractivity contribution in [1.82, 2.24) is 4.90 Å². The van der Waals surface area contributed by atoms with E-state index in [1.807, 2.05) is 11.8 Å². The third-order valence-electron chi connectivity index (χ3n) is 5.01. The topological polar surface area (TPSA) is 71.0 Å². The summed E-state index contributed by atoms with van der Waals surface area (Å²) in [5, 5.41) is 3.64. The highest BCUT2D eigenvalue weighted by Gasteiger charge is 2.42. The molecule has 0 unspecified atom stereocenters. The molecule has 3 rings (SSSR count). The van der Waals surface area contributed by atoms with Crippen LogP contribution in [0.3, 0.4) is 0 Å². The Morgan fingerprint density at radius 2 is 2.11 bits per heavy atom. The molecule has 0 radical (unpaired) electrons. The van der Waals surface area contributed by atoms with Gasteiger partial charge in [0.1, 0.15) is 11.0 Å². The van der Waals surface area contributed by atoms with Gasteiger partial charge in [0.2, 0.25) is 11.8 Å². The molecule has 1 aliphatic heterocycles. The predicted molar refractivity (Wildman–Crippen MR) is 114 cm³/mol. The molecule has 0 aromatic heterocycles. The second-order valence-corrected chi connectivity index (χ2v) is 8.57. The van der Waals surface area contributed by atoms with Crippen LogP contribution in [0.1, 0.15) is 45.4 Å². The van der Waals surface area contributed by atoms with Gasteiger partial charge in [-0.05, 0) is 38.0 Å². The Balaban J connectivity index is 1.70. The number of hydrogen-bond donors (Lipinski definition) is 1. The van der Waals surface area contributed by atoms with Crippen molar-refractivity contribution in [3.63, 3.8) is 0 Å². The lowest BCUT2D eigenvalue weighted by Crippen LogP contribution is -2.42. The molecule has 6 nitrogen and oxygen atoms in total. The molecule has 2 aliphatic rings. The number of hydrogen-bond acceptors (Lipinski definition) is 5. The van der Waals surface area contributed by atoms with Crippen LogP contribution in [0.4, 0.5) is 5.69 Å². The molecule has 0 bridgehead atoms. The minimum absolute atomic E-state index is 0.00249. The second-order valence-electron chi connectivity index (χ2n) is 6.96. The number of amidine groups is 1. The van der Waals surface area contributed by atoms with Gasteiger partial charge < -0.3 is 10.1 Å². The molecule has 2 amide bonds. The van der Waals surface area contributed by atoms with Crippen molar-refractivity contribution in [2.24, 2.45) is 4.99 Å². The Kier molecular flexibility index (Phi) is 7.24. The molecule has 1 N–H and O–H groups in total. The molecule has 1 heterocycles. The van der Waals surface area contributed by atoms with Crippen molar-refractivity contribution >= 4 is 46.0 Å². The Hall–Kier alpha value is -1.73. The number of halogens is 1. The van der Waals surface area contributed by atoms with Crippen molar-refractivity contribution in [1.29, 1.82) is 0 Å². The van der Waals surface area contributed by atoms with Crippen LogP contribution in [-0.4, -0.2) is 46.8 Å². The van der Waals surface area contributed by atoms with Gasteiger partial charge in [-0.25, -0.2) is 0 Å². The molecule has 152 valence electrons. The summed E-state index contributed by atoms with van der Waals surface area (Å²) in [5.74, 6) is 0.283. The zero-order valence-corrected chi connectivity index (χ0v) is 17.8. The number of nitrogens with one attached hydrogen (secondary N) is 1. The fraction of sp³-hybridized carbons (Fsp3) is 0.550. The van der Waals surface area contributed by atoms with Gasteiger partial charge in [-0.2, -0.15) is 0 Å². The van der Waals surface area contributed by atoms with E-state index in [4.69, 9.17) is 16.3 Å².